The molecule has 5 heteroatoms. The highest BCUT2D eigenvalue weighted by atomic mass is 19.1. The average Bonchev–Trinajstić information content (AvgIpc) is 2.69. The van der Waals surface area contributed by atoms with E-state index in [9.17, 15) is 9.18 Å². The molecule has 2 rings (SSSR count). The standard InChI is InChI=1S/C13H23FN2O2/c1-12(2,3)18-11(17)16-7-5-13(10(14)8-16)4-6-15-9-13/h10,15H,4-9H2,1-3H3. The van der Waals surface area contributed by atoms with Crippen LogP contribution in [0.4, 0.5) is 9.18 Å². The first-order valence-electron chi connectivity index (χ1n) is 6.65. The third-order valence-corrected chi connectivity index (χ3v) is 3.85. The second-order valence-corrected chi connectivity index (χ2v) is 6.43. The Balaban J connectivity index is 1.94. The first kappa shape index (κ1) is 13.6. The summed E-state index contributed by atoms with van der Waals surface area (Å²) in [6.07, 6.45) is 0.247. The van der Waals surface area contributed by atoms with Crippen molar-refractivity contribution in [2.24, 2.45) is 5.41 Å². The molecule has 2 saturated heterocycles. The zero-order valence-corrected chi connectivity index (χ0v) is 11.5. The van der Waals surface area contributed by atoms with Crippen LogP contribution in [0.25, 0.3) is 0 Å². The predicted molar refractivity (Wildman–Crippen MR) is 67.2 cm³/mol. The Morgan fingerprint density at radius 3 is 2.67 bits per heavy atom. The maximum Gasteiger partial charge on any atom is 0.410 e. The van der Waals surface area contributed by atoms with Crippen molar-refractivity contribution in [2.45, 2.75) is 45.4 Å². The van der Waals surface area contributed by atoms with Crippen LogP contribution in [0.1, 0.15) is 33.6 Å². The van der Waals surface area contributed by atoms with E-state index in [-0.39, 0.29) is 12.0 Å². The van der Waals surface area contributed by atoms with Crippen LogP contribution in [-0.4, -0.2) is 48.9 Å². The van der Waals surface area contributed by atoms with Crippen molar-refractivity contribution in [2.75, 3.05) is 26.2 Å². The van der Waals surface area contributed by atoms with Gasteiger partial charge in [-0.2, -0.15) is 0 Å². The van der Waals surface area contributed by atoms with Crippen molar-refractivity contribution < 1.29 is 13.9 Å². The fraction of sp³-hybridized carbons (Fsp3) is 0.923. The molecule has 2 unspecified atom stereocenters. The third kappa shape index (κ3) is 2.76. The molecule has 2 fully saturated rings. The van der Waals surface area contributed by atoms with Gasteiger partial charge in [0.1, 0.15) is 11.8 Å². The summed E-state index contributed by atoms with van der Waals surface area (Å²) >= 11 is 0. The summed E-state index contributed by atoms with van der Waals surface area (Å²) in [5.41, 5.74) is -0.772. The highest BCUT2D eigenvalue weighted by Gasteiger charge is 2.46. The predicted octanol–water partition coefficient (Wildman–Crippen LogP) is 1.95. The number of piperidine rings is 1. The quantitative estimate of drug-likeness (QED) is 0.722. The number of carbonyl (C=O) groups is 1. The van der Waals surface area contributed by atoms with Crippen LogP contribution >= 0.6 is 0 Å². The minimum absolute atomic E-state index is 0.163. The fourth-order valence-electron chi connectivity index (χ4n) is 2.73. The minimum atomic E-state index is -0.950. The minimum Gasteiger partial charge on any atom is -0.444 e. The topological polar surface area (TPSA) is 41.6 Å². The molecule has 1 spiro atoms. The van der Waals surface area contributed by atoms with Crippen LogP contribution in [0.5, 0.6) is 0 Å². The molecular weight excluding hydrogens is 235 g/mol. The molecule has 2 atom stereocenters. The summed E-state index contributed by atoms with van der Waals surface area (Å²) in [5.74, 6) is 0. The number of likely N-dealkylation sites (tertiary alicyclic amines) is 1. The van der Waals surface area contributed by atoms with Gasteiger partial charge in [-0.25, -0.2) is 9.18 Å². The van der Waals surface area contributed by atoms with Gasteiger partial charge in [0.2, 0.25) is 0 Å². The van der Waals surface area contributed by atoms with Gasteiger partial charge in [0.15, 0.2) is 0 Å². The molecule has 0 aliphatic carbocycles. The van der Waals surface area contributed by atoms with E-state index in [1.165, 1.54) is 4.90 Å². The van der Waals surface area contributed by atoms with Crippen molar-refractivity contribution in [3.05, 3.63) is 0 Å². The molecule has 0 aromatic rings. The summed E-state index contributed by atoms with van der Waals surface area (Å²) in [7, 11) is 0. The van der Waals surface area contributed by atoms with E-state index >= 15 is 0 Å². The van der Waals surface area contributed by atoms with E-state index in [0.29, 0.717) is 6.54 Å². The molecule has 1 amide bonds. The van der Waals surface area contributed by atoms with E-state index in [1.54, 1.807) is 0 Å². The zero-order chi connectivity index (χ0) is 13.4. The second-order valence-electron chi connectivity index (χ2n) is 6.43. The Bertz CT molecular complexity index is 321. The van der Waals surface area contributed by atoms with Crippen LogP contribution in [0.15, 0.2) is 0 Å². The summed E-state index contributed by atoms with van der Waals surface area (Å²) in [4.78, 5) is 13.4. The molecule has 104 valence electrons. The number of alkyl halides is 1. The summed E-state index contributed by atoms with van der Waals surface area (Å²) in [5, 5.41) is 3.22. The lowest BCUT2D eigenvalue weighted by atomic mass is 9.76. The number of hydrogen-bond donors (Lipinski definition) is 1. The fourth-order valence-corrected chi connectivity index (χ4v) is 2.73. The molecule has 0 radical (unpaired) electrons. The van der Waals surface area contributed by atoms with Crippen molar-refractivity contribution >= 4 is 6.09 Å². The Hall–Kier alpha value is -0.840. The van der Waals surface area contributed by atoms with Gasteiger partial charge < -0.3 is 15.0 Å². The lowest BCUT2D eigenvalue weighted by molar-refractivity contribution is -0.0141. The van der Waals surface area contributed by atoms with Crippen LogP contribution < -0.4 is 5.32 Å². The van der Waals surface area contributed by atoms with Gasteiger partial charge in [-0.05, 0) is 40.2 Å². The van der Waals surface area contributed by atoms with Gasteiger partial charge in [-0.1, -0.05) is 0 Å². The molecule has 0 bridgehead atoms. The maximum absolute atomic E-state index is 14.3. The summed E-state index contributed by atoms with van der Waals surface area (Å²) in [6.45, 7) is 7.84. The van der Waals surface area contributed by atoms with Crippen LogP contribution in [-0.2, 0) is 4.74 Å². The maximum atomic E-state index is 14.3. The Kier molecular flexibility index (Phi) is 3.54. The summed E-state index contributed by atoms with van der Waals surface area (Å²) < 4.78 is 19.6. The number of rotatable bonds is 0. The van der Waals surface area contributed by atoms with Crippen LogP contribution in [0.2, 0.25) is 0 Å². The van der Waals surface area contributed by atoms with Crippen LogP contribution in [0.3, 0.4) is 0 Å². The molecule has 2 aliphatic heterocycles. The average molecular weight is 258 g/mol. The normalized spacial score (nSPS) is 32.9. The third-order valence-electron chi connectivity index (χ3n) is 3.85. The van der Waals surface area contributed by atoms with E-state index < -0.39 is 17.9 Å². The van der Waals surface area contributed by atoms with Gasteiger partial charge in [0.25, 0.3) is 0 Å². The number of hydrogen-bond acceptors (Lipinski definition) is 3. The van der Waals surface area contributed by atoms with Crippen molar-refractivity contribution in [1.82, 2.24) is 10.2 Å². The monoisotopic (exact) mass is 258 g/mol. The van der Waals surface area contributed by atoms with Gasteiger partial charge in [-0.15, -0.1) is 0 Å². The van der Waals surface area contributed by atoms with Crippen LogP contribution in [0, 0.1) is 5.41 Å². The van der Waals surface area contributed by atoms with Crippen molar-refractivity contribution in [3.63, 3.8) is 0 Å². The van der Waals surface area contributed by atoms with Crippen molar-refractivity contribution in [1.29, 1.82) is 0 Å². The van der Waals surface area contributed by atoms with E-state index in [2.05, 4.69) is 5.32 Å². The van der Waals surface area contributed by atoms with Crippen molar-refractivity contribution in [3.8, 4) is 0 Å². The molecule has 1 N–H and O–H groups in total. The van der Waals surface area contributed by atoms with E-state index in [0.717, 1.165) is 25.9 Å². The zero-order valence-electron chi connectivity index (χ0n) is 11.5. The second kappa shape index (κ2) is 4.68. The smallest absolute Gasteiger partial charge is 0.410 e. The molecule has 2 aliphatic rings. The van der Waals surface area contributed by atoms with Gasteiger partial charge in [0.05, 0.1) is 6.54 Å². The van der Waals surface area contributed by atoms with E-state index in [4.69, 9.17) is 4.74 Å². The van der Waals surface area contributed by atoms with E-state index in [1.807, 2.05) is 20.8 Å². The number of amides is 1. The highest BCUT2D eigenvalue weighted by Crippen LogP contribution is 2.39. The van der Waals surface area contributed by atoms with Gasteiger partial charge >= 0.3 is 6.09 Å². The molecule has 0 saturated carbocycles. The SMILES string of the molecule is CC(C)(C)OC(=O)N1CCC2(CCNC2)C(F)C1. The molecule has 0 aromatic carbocycles. The lowest BCUT2D eigenvalue weighted by Gasteiger charge is -2.41. The molecule has 0 aromatic heterocycles. The molecule has 2 heterocycles. The highest BCUT2D eigenvalue weighted by molar-refractivity contribution is 5.68. The molecular formula is C13H23FN2O2. The Morgan fingerprint density at radius 1 is 1.44 bits per heavy atom. The number of halogens is 1. The van der Waals surface area contributed by atoms with Gasteiger partial charge in [-0.3, -0.25) is 0 Å². The first-order chi connectivity index (χ1) is 8.32. The van der Waals surface area contributed by atoms with Gasteiger partial charge in [0, 0.05) is 18.5 Å². The molecule has 18 heavy (non-hydrogen) atoms. The Labute approximate surface area is 108 Å². The first-order valence-corrected chi connectivity index (χ1v) is 6.65. The summed E-state index contributed by atoms with van der Waals surface area (Å²) in [6, 6.07) is 0. The number of nitrogens with one attached hydrogen (secondary N) is 1. The number of carbonyl (C=O) groups excluding carboxylic acids is 1. The largest absolute Gasteiger partial charge is 0.444 e. The Morgan fingerprint density at radius 2 is 2.17 bits per heavy atom. The lowest BCUT2D eigenvalue weighted by Crippen LogP contribution is -2.52. The molecule has 4 nitrogen and oxygen atoms in total. The number of nitrogens with zero attached hydrogens (tertiary/aromatic N) is 1. The number of ether oxygens (including phenoxy) is 1.